The summed E-state index contributed by atoms with van der Waals surface area (Å²) < 4.78 is 33.6. The molecule has 0 aromatic heterocycles. The Hall–Kier alpha value is -1.15. The summed E-state index contributed by atoms with van der Waals surface area (Å²) in [6.07, 6.45) is 1.66. The van der Waals surface area contributed by atoms with Crippen molar-refractivity contribution in [1.82, 2.24) is 9.03 Å². The molecule has 1 aliphatic rings. The van der Waals surface area contributed by atoms with Crippen LogP contribution in [0.25, 0.3) is 0 Å². The van der Waals surface area contributed by atoms with Crippen LogP contribution >= 0.6 is 0 Å². The Balaban J connectivity index is 1.93. The maximum Gasteiger partial charge on any atom is 0.279 e. The summed E-state index contributed by atoms with van der Waals surface area (Å²) >= 11 is 0. The number of hydrogen-bond acceptors (Lipinski definition) is 4. The first kappa shape index (κ1) is 16.2. The van der Waals surface area contributed by atoms with Crippen LogP contribution in [-0.2, 0) is 16.8 Å². The predicted octanol–water partition coefficient (Wildman–Crippen LogP) is 0.734. The fourth-order valence-corrected chi connectivity index (χ4v) is 3.71. The normalized spacial score (nSPS) is 20.4. The molecule has 2 N–H and O–H groups in total. The van der Waals surface area contributed by atoms with Crippen molar-refractivity contribution in [2.24, 2.45) is 5.92 Å². The summed E-state index contributed by atoms with van der Waals surface area (Å²) in [6, 6.07) is 7.25. The zero-order chi connectivity index (χ0) is 15.3. The number of hydrogen-bond donors (Lipinski definition) is 2. The van der Waals surface area contributed by atoms with Gasteiger partial charge in [-0.1, -0.05) is 12.1 Å². The van der Waals surface area contributed by atoms with E-state index in [1.54, 1.807) is 19.2 Å². The first-order chi connectivity index (χ1) is 10.0. The van der Waals surface area contributed by atoms with Crippen LogP contribution in [0.4, 0.5) is 0 Å². The second-order valence-corrected chi connectivity index (χ2v) is 6.98. The number of piperidine rings is 1. The molecular weight excluding hydrogens is 292 g/mol. The number of aliphatic hydroxyl groups is 1. The molecule has 2 rings (SSSR count). The SMILES string of the molecule is COc1ccc(CNS(=O)(=O)N2CCCC(CO)C2)cc1. The Bertz CT molecular complexity index is 545. The van der Waals surface area contributed by atoms with Crippen molar-refractivity contribution >= 4 is 10.2 Å². The molecule has 0 aliphatic carbocycles. The number of nitrogens with zero attached hydrogens (tertiary/aromatic N) is 1. The van der Waals surface area contributed by atoms with Crippen molar-refractivity contribution in [1.29, 1.82) is 0 Å². The fraction of sp³-hybridized carbons (Fsp3) is 0.571. The second-order valence-electron chi connectivity index (χ2n) is 5.22. The molecule has 21 heavy (non-hydrogen) atoms. The molecule has 1 aromatic carbocycles. The highest BCUT2D eigenvalue weighted by Gasteiger charge is 2.28. The molecule has 6 nitrogen and oxygen atoms in total. The van der Waals surface area contributed by atoms with Gasteiger partial charge < -0.3 is 9.84 Å². The standard InChI is InChI=1S/C14H22N2O4S/c1-20-14-6-4-12(5-7-14)9-15-21(18,19)16-8-2-3-13(10-16)11-17/h4-7,13,15,17H,2-3,8-11H2,1H3. The van der Waals surface area contributed by atoms with Gasteiger partial charge in [-0.15, -0.1) is 0 Å². The summed E-state index contributed by atoms with van der Waals surface area (Å²) in [4.78, 5) is 0. The first-order valence-corrected chi connectivity index (χ1v) is 8.47. The largest absolute Gasteiger partial charge is 0.497 e. The van der Waals surface area contributed by atoms with Crippen LogP contribution in [-0.4, -0.2) is 44.6 Å². The molecule has 0 radical (unpaired) electrons. The minimum absolute atomic E-state index is 0.0322. The molecule has 0 bridgehead atoms. The average Bonchev–Trinajstić information content (AvgIpc) is 2.53. The van der Waals surface area contributed by atoms with E-state index in [0.29, 0.717) is 13.1 Å². The smallest absolute Gasteiger partial charge is 0.279 e. The van der Waals surface area contributed by atoms with E-state index in [1.165, 1.54) is 4.31 Å². The van der Waals surface area contributed by atoms with Crippen molar-refractivity contribution in [3.63, 3.8) is 0 Å². The van der Waals surface area contributed by atoms with E-state index in [-0.39, 0.29) is 19.1 Å². The average molecular weight is 314 g/mol. The lowest BCUT2D eigenvalue weighted by Gasteiger charge is -2.30. The molecule has 7 heteroatoms. The van der Waals surface area contributed by atoms with Crippen LogP contribution in [0.1, 0.15) is 18.4 Å². The van der Waals surface area contributed by atoms with Crippen molar-refractivity contribution in [3.8, 4) is 5.75 Å². The summed E-state index contributed by atoms with van der Waals surface area (Å²) in [6.45, 7) is 1.17. The molecule has 1 saturated heterocycles. The third-order valence-electron chi connectivity index (χ3n) is 3.70. The zero-order valence-corrected chi connectivity index (χ0v) is 13.0. The van der Waals surface area contributed by atoms with Crippen molar-refractivity contribution in [3.05, 3.63) is 29.8 Å². The fourth-order valence-electron chi connectivity index (χ4n) is 2.40. The number of methoxy groups -OCH3 is 1. The molecule has 1 aliphatic heterocycles. The van der Waals surface area contributed by atoms with E-state index in [4.69, 9.17) is 4.74 Å². The van der Waals surface area contributed by atoms with Crippen LogP contribution in [0.2, 0.25) is 0 Å². The van der Waals surface area contributed by atoms with E-state index in [1.807, 2.05) is 12.1 Å². The summed E-state index contributed by atoms with van der Waals surface area (Å²) in [5.41, 5.74) is 0.870. The van der Waals surface area contributed by atoms with E-state index >= 15 is 0 Å². The third kappa shape index (κ3) is 4.41. The summed E-state index contributed by atoms with van der Waals surface area (Å²) in [5.74, 6) is 0.778. The Labute approximate surface area is 125 Å². The van der Waals surface area contributed by atoms with Crippen LogP contribution in [0.15, 0.2) is 24.3 Å². The summed E-state index contributed by atoms with van der Waals surface area (Å²) in [7, 11) is -1.91. The van der Waals surface area contributed by atoms with Gasteiger partial charge in [-0.05, 0) is 36.5 Å². The third-order valence-corrected chi connectivity index (χ3v) is 5.22. The highest BCUT2D eigenvalue weighted by molar-refractivity contribution is 7.87. The van der Waals surface area contributed by atoms with E-state index < -0.39 is 10.2 Å². The molecule has 118 valence electrons. The lowest BCUT2D eigenvalue weighted by atomic mass is 10.0. The predicted molar refractivity (Wildman–Crippen MR) is 80.1 cm³/mol. The number of nitrogens with one attached hydrogen (secondary N) is 1. The van der Waals surface area contributed by atoms with Gasteiger partial charge >= 0.3 is 0 Å². The molecule has 0 spiro atoms. The van der Waals surface area contributed by atoms with Gasteiger partial charge in [0.25, 0.3) is 10.2 Å². The van der Waals surface area contributed by atoms with Crippen LogP contribution in [0.3, 0.4) is 0 Å². The molecule has 1 fully saturated rings. The van der Waals surface area contributed by atoms with Crippen molar-refractivity contribution < 1.29 is 18.3 Å². The molecule has 1 atom stereocenters. The minimum atomic E-state index is -3.50. The molecule has 1 aromatic rings. The number of rotatable bonds is 6. The molecule has 1 heterocycles. The number of ether oxygens (including phenoxy) is 1. The number of aliphatic hydroxyl groups excluding tert-OH is 1. The molecular formula is C14H22N2O4S. The van der Waals surface area contributed by atoms with Gasteiger partial charge in [0, 0.05) is 26.2 Å². The van der Waals surface area contributed by atoms with E-state index in [2.05, 4.69) is 4.72 Å². The van der Waals surface area contributed by atoms with Gasteiger partial charge in [0.1, 0.15) is 5.75 Å². The lowest BCUT2D eigenvalue weighted by molar-refractivity contribution is 0.164. The lowest BCUT2D eigenvalue weighted by Crippen LogP contribution is -2.46. The molecule has 1 unspecified atom stereocenters. The Morgan fingerprint density at radius 2 is 2.10 bits per heavy atom. The molecule has 0 amide bonds. The maximum atomic E-state index is 12.3. The van der Waals surface area contributed by atoms with E-state index in [0.717, 1.165) is 24.2 Å². The van der Waals surface area contributed by atoms with Gasteiger partial charge in [-0.3, -0.25) is 0 Å². The van der Waals surface area contributed by atoms with Gasteiger partial charge in [-0.2, -0.15) is 17.4 Å². The number of benzene rings is 1. The monoisotopic (exact) mass is 314 g/mol. The highest BCUT2D eigenvalue weighted by Crippen LogP contribution is 2.18. The maximum absolute atomic E-state index is 12.3. The zero-order valence-electron chi connectivity index (χ0n) is 12.2. The van der Waals surface area contributed by atoms with Gasteiger partial charge in [0.2, 0.25) is 0 Å². The Morgan fingerprint density at radius 3 is 2.71 bits per heavy atom. The minimum Gasteiger partial charge on any atom is -0.497 e. The van der Waals surface area contributed by atoms with Crippen molar-refractivity contribution in [2.75, 3.05) is 26.8 Å². The van der Waals surface area contributed by atoms with Crippen LogP contribution in [0.5, 0.6) is 5.75 Å². The van der Waals surface area contributed by atoms with Gasteiger partial charge in [0.15, 0.2) is 0 Å². The van der Waals surface area contributed by atoms with Crippen LogP contribution < -0.4 is 9.46 Å². The second kappa shape index (κ2) is 7.22. The topological polar surface area (TPSA) is 78.9 Å². The Morgan fingerprint density at radius 1 is 1.38 bits per heavy atom. The van der Waals surface area contributed by atoms with Gasteiger partial charge in [-0.25, -0.2) is 0 Å². The first-order valence-electron chi connectivity index (χ1n) is 7.03. The highest BCUT2D eigenvalue weighted by atomic mass is 32.2. The van der Waals surface area contributed by atoms with Crippen molar-refractivity contribution in [2.45, 2.75) is 19.4 Å². The Kier molecular flexibility index (Phi) is 5.58. The van der Waals surface area contributed by atoms with Crippen LogP contribution in [0, 0.1) is 5.92 Å². The quantitative estimate of drug-likeness (QED) is 0.811. The summed E-state index contributed by atoms with van der Waals surface area (Å²) in [5, 5.41) is 9.18. The van der Waals surface area contributed by atoms with E-state index in [9.17, 15) is 13.5 Å². The van der Waals surface area contributed by atoms with Gasteiger partial charge in [0.05, 0.1) is 7.11 Å². The molecule has 0 saturated carbocycles.